The van der Waals surface area contributed by atoms with Gasteiger partial charge in [0.05, 0.1) is 19.8 Å². The van der Waals surface area contributed by atoms with Gasteiger partial charge in [-0.15, -0.1) is 0 Å². The van der Waals surface area contributed by atoms with Crippen molar-refractivity contribution in [2.75, 3.05) is 32.9 Å². The topological polar surface area (TPSA) is 90.0 Å². The first-order valence-corrected chi connectivity index (χ1v) is 10.1. The number of carbonyl (C=O) groups excluding carboxylic acids is 2. The number of rotatable bonds is 12. The summed E-state index contributed by atoms with van der Waals surface area (Å²) in [6.07, 6.45) is 3.07. The van der Waals surface area contributed by atoms with Crippen molar-refractivity contribution in [3.05, 3.63) is 30.1 Å². The predicted molar refractivity (Wildman–Crippen MR) is 110 cm³/mol. The Balaban J connectivity index is 2.46. The van der Waals surface area contributed by atoms with Gasteiger partial charge in [0, 0.05) is 32.1 Å². The van der Waals surface area contributed by atoms with Crippen LogP contribution in [0.2, 0.25) is 0 Å². The summed E-state index contributed by atoms with van der Waals surface area (Å²) in [4.78, 5) is 30.3. The first-order valence-electron chi connectivity index (χ1n) is 10.1. The van der Waals surface area contributed by atoms with Crippen LogP contribution in [-0.2, 0) is 25.5 Å². The molecule has 29 heavy (non-hydrogen) atoms. The minimum absolute atomic E-state index is 0.183. The third kappa shape index (κ3) is 11.4. The van der Waals surface area contributed by atoms with Crippen LogP contribution in [0.25, 0.3) is 0 Å². The molecule has 0 fully saturated rings. The first kappa shape index (κ1) is 24.8. The summed E-state index contributed by atoms with van der Waals surface area (Å²) in [5, 5.41) is 2.83. The third-order valence-electron chi connectivity index (χ3n) is 3.82. The van der Waals surface area contributed by atoms with Gasteiger partial charge in [-0.3, -0.25) is 9.78 Å². The van der Waals surface area contributed by atoms with Crippen LogP contribution >= 0.6 is 0 Å². The third-order valence-corrected chi connectivity index (χ3v) is 3.82. The number of nitrogens with one attached hydrogen (secondary N) is 1. The SMILES string of the molecule is CCOCCOC(C)C(=O)NCCCN(Cc1cccnc1)C(=O)OC(C)(C)C. The highest BCUT2D eigenvalue weighted by Crippen LogP contribution is 2.12. The lowest BCUT2D eigenvalue weighted by Gasteiger charge is -2.27. The Morgan fingerprint density at radius 2 is 2.03 bits per heavy atom. The van der Waals surface area contributed by atoms with E-state index in [0.717, 1.165) is 5.56 Å². The molecule has 0 aliphatic rings. The molecule has 1 aromatic heterocycles. The van der Waals surface area contributed by atoms with E-state index in [1.54, 1.807) is 24.2 Å². The number of pyridine rings is 1. The minimum atomic E-state index is -0.577. The number of amides is 2. The van der Waals surface area contributed by atoms with E-state index in [9.17, 15) is 9.59 Å². The van der Waals surface area contributed by atoms with Crippen LogP contribution in [0.1, 0.15) is 46.6 Å². The van der Waals surface area contributed by atoms with Crippen LogP contribution in [0.4, 0.5) is 4.79 Å². The Morgan fingerprint density at radius 1 is 1.28 bits per heavy atom. The van der Waals surface area contributed by atoms with Gasteiger partial charge in [-0.2, -0.15) is 0 Å². The molecule has 1 aromatic rings. The minimum Gasteiger partial charge on any atom is -0.444 e. The molecule has 1 unspecified atom stereocenters. The Labute approximate surface area is 173 Å². The van der Waals surface area contributed by atoms with Gasteiger partial charge < -0.3 is 24.4 Å². The van der Waals surface area contributed by atoms with E-state index in [-0.39, 0.29) is 12.0 Å². The maximum absolute atomic E-state index is 12.5. The lowest BCUT2D eigenvalue weighted by atomic mass is 10.2. The normalized spacial score (nSPS) is 12.3. The molecule has 0 aromatic carbocycles. The fourth-order valence-corrected chi connectivity index (χ4v) is 2.40. The average molecular weight is 410 g/mol. The highest BCUT2D eigenvalue weighted by Gasteiger charge is 2.22. The summed E-state index contributed by atoms with van der Waals surface area (Å²) in [7, 11) is 0. The Morgan fingerprint density at radius 3 is 2.66 bits per heavy atom. The summed E-state index contributed by atoms with van der Waals surface area (Å²) >= 11 is 0. The zero-order valence-corrected chi connectivity index (χ0v) is 18.3. The van der Waals surface area contributed by atoms with Gasteiger partial charge in [0.1, 0.15) is 11.7 Å². The predicted octanol–water partition coefficient (Wildman–Crippen LogP) is 2.77. The van der Waals surface area contributed by atoms with Crippen molar-refractivity contribution < 1.29 is 23.8 Å². The summed E-state index contributed by atoms with van der Waals surface area (Å²) in [6.45, 7) is 11.9. The van der Waals surface area contributed by atoms with Gasteiger partial charge in [-0.05, 0) is 52.7 Å². The van der Waals surface area contributed by atoms with Crippen molar-refractivity contribution >= 4 is 12.0 Å². The van der Waals surface area contributed by atoms with Crippen molar-refractivity contribution in [1.82, 2.24) is 15.2 Å². The molecule has 8 heteroatoms. The molecule has 0 bridgehead atoms. The van der Waals surface area contributed by atoms with E-state index < -0.39 is 11.7 Å². The van der Waals surface area contributed by atoms with Crippen LogP contribution < -0.4 is 5.32 Å². The van der Waals surface area contributed by atoms with Gasteiger partial charge in [0.2, 0.25) is 5.91 Å². The standard InChI is InChI=1S/C21H35N3O5/c1-6-27-13-14-28-17(2)19(25)23-11-8-12-24(20(26)29-21(3,4)5)16-18-9-7-10-22-15-18/h7,9-10,15,17H,6,8,11-14,16H2,1-5H3,(H,23,25). The van der Waals surface area contributed by atoms with Crippen LogP contribution in [0.3, 0.4) is 0 Å². The molecule has 1 atom stereocenters. The van der Waals surface area contributed by atoms with Crippen LogP contribution in [0, 0.1) is 0 Å². The molecule has 0 saturated heterocycles. The van der Waals surface area contributed by atoms with Gasteiger partial charge in [-0.1, -0.05) is 6.07 Å². The monoisotopic (exact) mass is 409 g/mol. The van der Waals surface area contributed by atoms with Crippen LogP contribution in [0.15, 0.2) is 24.5 Å². The molecular weight excluding hydrogens is 374 g/mol. The van der Waals surface area contributed by atoms with Crippen LogP contribution in [0.5, 0.6) is 0 Å². The molecule has 0 aliphatic heterocycles. The molecule has 1 heterocycles. The van der Waals surface area contributed by atoms with E-state index in [4.69, 9.17) is 14.2 Å². The van der Waals surface area contributed by atoms with Gasteiger partial charge in [-0.25, -0.2) is 4.79 Å². The van der Waals surface area contributed by atoms with E-state index in [1.165, 1.54) is 0 Å². The molecule has 1 rings (SSSR count). The lowest BCUT2D eigenvalue weighted by Crippen LogP contribution is -2.39. The Bertz CT molecular complexity index is 604. The fraction of sp³-hybridized carbons (Fsp3) is 0.667. The summed E-state index contributed by atoms with van der Waals surface area (Å²) < 4.78 is 16.1. The number of hydrogen-bond donors (Lipinski definition) is 1. The summed E-state index contributed by atoms with van der Waals surface area (Å²) in [5.41, 5.74) is 0.339. The molecular formula is C21H35N3O5. The Hall–Kier alpha value is -2.19. The Kier molecular flexibility index (Phi) is 11.2. The summed E-state index contributed by atoms with van der Waals surface area (Å²) in [5.74, 6) is -0.183. The second kappa shape index (κ2) is 13.1. The number of carbonyl (C=O) groups is 2. The highest BCUT2D eigenvalue weighted by molar-refractivity contribution is 5.80. The van der Waals surface area contributed by atoms with Crippen LogP contribution in [-0.4, -0.2) is 66.5 Å². The first-order chi connectivity index (χ1) is 13.7. The quantitative estimate of drug-likeness (QED) is 0.534. The molecule has 0 spiro atoms. The van der Waals surface area contributed by atoms with E-state index in [0.29, 0.717) is 45.9 Å². The lowest BCUT2D eigenvalue weighted by molar-refractivity contribution is -0.132. The highest BCUT2D eigenvalue weighted by atomic mass is 16.6. The second-order valence-corrected chi connectivity index (χ2v) is 7.62. The molecule has 0 saturated carbocycles. The fourth-order valence-electron chi connectivity index (χ4n) is 2.40. The molecule has 0 radical (unpaired) electrons. The number of ether oxygens (including phenoxy) is 3. The molecule has 0 aliphatic carbocycles. The molecule has 2 amide bonds. The van der Waals surface area contributed by atoms with Crippen molar-refractivity contribution in [3.63, 3.8) is 0 Å². The molecule has 1 N–H and O–H groups in total. The van der Waals surface area contributed by atoms with E-state index in [2.05, 4.69) is 10.3 Å². The van der Waals surface area contributed by atoms with Crippen molar-refractivity contribution in [1.29, 1.82) is 0 Å². The number of hydrogen-bond acceptors (Lipinski definition) is 6. The van der Waals surface area contributed by atoms with E-state index in [1.807, 2.05) is 39.8 Å². The van der Waals surface area contributed by atoms with Gasteiger partial charge in [0.25, 0.3) is 0 Å². The summed E-state index contributed by atoms with van der Waals surface area (Å²) in [6, 6.07) is 3.74. The maximum Gasteiger partial charge on any atom is 0.410 e. The second-order valence-electron chi connectivity index (χ2n) is 7.62. The van der Waals surface area contributed by atoms with E-state index >= 15 is 0 Å². The average Bonchev–Trinajstić information content (AvgIpc) is 2.66. The maximum atomic E-state index is 12.5. The smallest absolute Gasteiger partial charge is 0.410 e. The zero-order valence-electron chi connectivity index (χ0n) is 18.3. The van der Waals surface area contributed by atoms with Crippen molar-refractivity contribution in [2.45, 2.75) is 59.3 Å². The van der Waals surface area contributed by atoms with Crippen molar-refractivity contribution in [2.24, 2.45) is 0 Å². The van der Waals surface area contributed by atoms with Gasteiger partial charge in [0.15, 0.2) is 0 Å². The van der Waals surface area contributed by atoms with Gasteiger partial charge >= 0.3 is 6.09 Å². The number of aromatic nitrogens is 1. The molecule has 8 nitrogen and oxygen atoms in total. The zero-order chi connectivity index (χ0) is 21.7. The largest absolute Gasteiger partial charge is 0.444 e. The molecule has 164 valence electrons. The van der Waals surface area contributed by atoms with Crippen molar-refractivity contribution in [3.8, 4) is 0 Å². The number of nitrogens with zero attached hydrogens (tertiary/aromatic N) is 2.